The second-order valence-corrected chi connectivity index (χ2v) is 5.88. The first kappa shape index (κ1) is 26.1. The molecule has 0 amide bonds. The summed E-state index contributed by atoms with van der Waals surface area (Å²) in [4.78, 5) is 13.6. The summed E-state index contributed by atoms with van der Waals surface area (Å²) in [6.45, 7) is 3.39. The maximum absolute atomic E-state index is 11.6. The predicted molar refractivity (Wildman–Crippen MR) is 108 cm³/mol. The van der Waals surface area contributed by atoms with Crippen molar-refractivity contribution < 1.29 is 9.53 Å². The van der Waals surface area contributed by atoms with Crippen molar-refractivity contribution in [2.45, 2.75) is 19.4 Å². The van der Waals surface area contributed by atoms with Crippen molar-refractivity contribution >= 4 is 71.3 Å². The van der Waals surface area contributed by atoms with Gasteiger partial charge in [0.1, 0.15) is 6.04 Å². The number of hydrogen-bond acceptors (Lipinski definition) is 4. The van der Waals surface area contributed by atoms with E-state index in [4.69, 9.17) is 45.3 Å². The van der Waals surface area contributed by atoms with Gasteiger partial charge in [-0.3, -0.25) is 4.79 Å². The van der Waals surface area contributed by atoms with Crippen LogP contribution in [0.4, 0.5) is 5.69 Å². The summed E-state index contributed by atoms with van der Waals surface area (Å²) in [6, 6.07) is 4.92. The number of ether oxygens (including phenoxy) is 1. The Morgan fingerprint density at radius 2 is 1.83 bits per heavy atom. The van der Waals surface area contributed by atoms with Gasteiger partial charge in [0.2, 0.25) is 0 Å². The lowest BCUT2D eigenvalue weighted by atomic mass is 10.1. The number of hydrogen-bond donors (Lipinski definition) is 1. The number of benzene rings is 1. The minimum Gasteiger partial charge on any atom is -0.465 e. The molecule has 0 spiro atoms. The van der Waals surface area contributed by atoms with Crippen LogP contribution in [0.25, 0.3) is 0 Å². The second-order valence-electron chi connectivity index (χ2n) is 4.71. The zero-order valence-corrected chi connectivity index (χ0v) is 17.2. The van der Waals surface area contributed by atoms with Gasteiger partial charge in [0.25, 0.3) is 0 Å². The van der Waals surface area contributed by atoms with Gasteiger partial charge in [0.15, 0.2) is 0 Å². The van der Waals surface area contributed by atoms with Gasteiger partial charge in [-0.05, 0) is 31.0 Å². The molecule has 1 rings (SSSR count). The number of anilines is 1. The van der Waals surface area contributed by atoms with Gasteiger partial charge in [0, 0.05) is 24.8 Å². The maximum atomic E-state index is 11.6. The summed E-state index contributed by atoms with van der Waals surface area (Å²) in [6.07, 6.45) is 0.379. The Morgan fingerprint density at radius 1 is 1.25 bits per heavy atom. The number of carbonyl (C=O) groups is 1. The van der Waals surface area contributed by atoms with E-state index in [0.29, 0.717) is 42.9 Å². The number of esters is 1. The van der Waals surface area contributed by atoms with Crippen molar-refractivity contribution in [2.75, 3.05) is 36.4 Å². The smallest absolute Gasteiger partial charge is 0.323 e. The van der Waals surface area contributed by atoms with Crippen LogP contribution in [0.1, 0.15) is 12.5 Å². The molecule has 1 atom stereocenters. The van der Waals surface area contributed by atoms with E-state index in [-0.39, 0.29) is 24.8 Å². The Morgan fingerprint density at radius 3 is 2.29 bits per heavy atom. The van der Waals surface area contributed by atoms with E-state index in [0.717, 1.165) is 11.3 Å². The van der Waals surface area contributed by atoms with Crippen LogP contribution in [0.2, 0.25) is 5.02 Å². The number of carbonyl (C=O) groups excluding carboxylic acids is 1. The molecule has 0 aromatic heterocycles. The van der Waals surface area contributed by atoms with Crippen molar-refractivity contribution in [3.05, 3.63) is 28.8 Å². The molecule has 2 N–H and O–H groups in total. The third-order valence-electron chi connectivity index (χ3n) is 3.11. The highest BCUT2D eigenvalue weighted by Crippen LogP contribution is 2.27. The van der Waals surface area contributed by atoms with Gasteiger partial charge in [-0.15, -0.1) is 48.0 Å². The summed E-state index contributed by atoms with van der Waals surface area (Å²) in [5, 5.41) is 0.587. The van der Waals surface area contributed by atoms with Gasteiger partial charge in [0.05, 0.1) is 17.3 Å². The fourth-order valence-corrected chi connectivity index (χ4v) is 2.81. The molecule has 140 valence electrons. The lowest BCUT2D eigenvalue weighted by molar-refractivity contribution is -0.144. The summed E-state index contributed by atoms with van der Waals surface area (Å²) < 4.78 is 4.90. The Hall–Kier alpha value is -0.100. The molecule has 0 aliphatic carbocycles. The van der Waals surface area contributed by atoms with Crippen LogP contribution < -0.4 is 10.6 Å². The molecule has 0 aliphatic rings. The molecular formula is C15H23Cl5N2O2. The van der Waals surface area contributed by atoms with E-state index in [2.05, 4.69) is 0 Å². The van der Waals surface area contributed by atoms with E-state index in [9.17, 15) is 4.79 Å². The number of alkyl halides is 2. The fourth-order valence-electron chi connectivity index (χ4n) is 2.08. The van der Waals surface area contributed by atoms with E-state index in [1.807, 2.05) is 23.1 Å². The molecule has 1 aromatic rings. The number of nitrogens with two attached hydrogens (primary N) is 1. The molecule has 0 unspecified atom stereocenters. The van der Waals surface area contributed by atoms with Crippen LogP contribution in [0.5, 0.6) is 0 Å². The molecule has 0 saturated carbocycles. The van der Waals surface area contributed by atoms with Gasteiger partial charge >= 0.3 is 5.97 Å². The molecule has 0 saturated heterocycles. The first-order valence-corrected chi connectivity index (χ1v) is 8.55. The highest BCUT2D eigenvalue weighted by atomic mass is 35.5. The SMILES string of the molecule is CCOC(=O)[C@@H](N)Cc1ccc(N(CCCl)CCCl)c(Cl)c1.Cl.Cl. The third-order valence-corrected chi connectivity index (χ3v) is 3.75. The summed E-state index contributed by atoms with van der Waals surface area (Å²) in [7, 11) is 0. The van der Waals surface area contributed by atoms with Gasteiger partial charge in [-0.2, -0.15) is 0 Å². The van der Waals surface area contributed by atoms with Crippen molar-refractivity contribution in [1.29, 1.82) is 0 Å². The summed E-state index contributed by atoms with van der Waals surface area (Å²) in [5.74, 6) is 0.569. The molecule has 9 heteroatoms. The van der Waals surface area contributed by atoms with Crippen LogP contribution in [0, 0.1) is 0 Å². The zero-order valence-electron chi connectivity index (χ0n) is 13.3. The lowest BCUT2D eigenvalue weighted by Gasteiger charge is -2.24. The minimum atomic E-state index is -0.691. The predicted octanol–water partition coefficient (Wildman–Crippen LogP) is 3.90. The maximum Gasteiger partial charge on any atom is 0.323 e. The Labute approximate surface area is 170 Å². The van der Waals surface area contributed by atoms with E-state index in [1.54, 1.807) is 6.92 Å². The number of rotatable bonds is 9. The van der Waals surface area contributed by atoms with E-state index >= 15 is 0 Å². The van der Waals surface area contributed by atoms with Crippen molar-refractivity contribution in [3.63, 3.8) is 0 Å². The Balaban J connectivity index is 0. The summed E-state index contributed by atoms with van der Waals surface area (Å²) >= 11 is 17.9. The quantitative estimate of drug-likeness (QED) is 0.467. The normalized spacial score (nSPS) is 11.0. The Bertz CT molecular complexity index is 485. The van der Waals surface area contributed by atoms with Gasteiger partial charge in [-0.25, -0.2) is 0 Å². The van der Waals surface area contributed by atoms with Gasteiger partial charge in [-0.1, -0.05) is 17.7 Å². The average Bonchev–Trinajstić information content (AvgIpc) is 2.47. The molecule has 24 heavy (non-hydrogen) atoms. The molecule has 4 nitrogen and oxygen atoms in total. The molecule has 0 bridgehead atoms. The monoisotopic (exact) mass is 438 g/mol. The molecule has 1 aromatic carbocycles. The third kappa shape index (κ3) is 8.32. The standard InChI is InChI=1S/C15H21Cl3N2O2.2ClH/c1-2-22-15(21)13(19)10-11-3-4-14(12(18)9-11)20(7-5-16)8-6-17;;/h3-4,9,13H,2,5-8,10,19H2,1H3;2*1H/t13-;;/m0../s1. The van der Waals surface area contributed by atoms with Crippen LogP contribution in [-0.4, -0.2) is 43.5 Å². The minimum absolute atomic E-state index is 0. The largest absolute Gasteiger partial charge is 0.465 e. The Kier molecular flexibility index (Phi) is 15.4. The molecule has 0 aliphatic heterocycles. The number of nitrogens with zero attached hydrogens (tertiary/aromatic N) is 1. The highest BCUT2D eigenvalue weighted by molar-refractivity contribution is 6.33. The second kappa shape index (κ2) is 14.1. The van der Waals surface area contributed by atoms with Crippen molar-refractivity contribution in [2.24, 2.45) is 5.73 Å². The highest BCUT2D eigenvalue weighted by Gasteiger charge is 2.16. The van der Waals surface area contributed by atoms with E-state index < -0.39 is 12.0 Å². The average molecular weight is 441 g/mol. The van der Waals surface area contributed by atoms with Gasteiger partial charge < -0.3 is 15.4 Å². The van der Waals surface area contributed by atoms with Crippen LogP contribution >= 0.6 is 59.6 Å². The van der Waals surface area contributed by atoms with Crippen LogP contribution in [0.3, 0.4) is 0 Å². The first-order valence-electron chi connectivity index (χ1n) is 7.11. The van der Waals surface area contributed by atoms with Crippen LogP contribution in [0.15, 0.2) is 18.2 Å². The van der Waals surface area contributed by atoms with Crippen LogP contribution in [-0.2, 0) is 16.0 Å². The number of halogens is 5. The summed E-state index contributed by atoms with van der Waals surface area (Å²) in [5.41, 5.74) is 7.57. The molecule has 0 fully saturated rings. The van der Waals surface area contributed by atoms with Crippen molar-refractivity contribution in [3.8, 4) is 0 Å². The zero-order chi connectivity index (χ0) is 16.5. The molecular weight excluding hydrogens is 417 g/mol. The molecule has 0 heterocycles. The molecule has 0 radical (unpaired) electrons. The lowest BCUT2D eigenvalue weighted by Crippen LogP contribution is -2.34. The first-order chi connectivity index (χ1) is 10.5. The van der Waals surface area contributed by atoms with Crippen molar-refractivity contribution in [1.82, 2.24) is 0 Å². The van der Waals surface area contributed by atoms with E-state index in [1.165, 1.54) is 0 Å². The fraction of sp³-hybridized carbons (Fsp3) is 0.533. The topological polar surface area (TPSA) is 55.6 Å².